The molecular formula is C17H23NO2. The van der Waals surface area contributed by atoms with Gasteiger partial charge in [-0.3, -0.25) is 4.79 Å². The van der Waals surface area contributed by atoms with Gasteiger partial charge in [-0.25, -0.2) is 0 Å². The van der Waals surface area contributed by atoms with Crippen LogP contribution in [0.3, 0.4) is 0 Å². The van der Waals surface area contributed by atoms with Crippen LogP contribution >= 0.6 is 0 Å². The Labute approximate surface area is 121 Å². The summed E-state index contributed by atoms with van der Waals surface area (Å²) in [7, 11) is 0. The van der Waals surface area contributed by atoms with Gasteiger partial charge < -0.3 is 9.69 Å². The first-order chi connectivity index (χ1) is 9.45. The average molecular weight is 273 g/mol. The lowest BCUT2D eigenvalue weighted by Crippen LogP contribution is -2.35. The summed E-state index contributed by atoms with van der Waals surface area (Å²) in [4.78, 5) is 25.3. The fourth-order valence-corrected chi connectivity index (χ4v) is 2.21. The number of amides is 1. The van der Waals surface area contributed by atoms with E-state index in [9.17, 15) is 9.59 Å². The van der Waals surface area contributed by atoms with E-state index in [0.717, 1.165) is 11.1 Å². The molecule has 0 saturated heterocycles. The molecule has 3 heteroatoms. The Hall–Kier alpha value is -1.90. The van der Waals surface area contributed by atoms with E-state index in [2.05, 4.69) is 6.58 Å². The van der Waals surface area contributed by atoms with Gasteiger partial charge in [-0.1, -0.05) is 37.3 Å². The first-order valence-electron chi connectivity index (χ1n) is 6.89. The Morgan fingerprint density at radius 3 is 2.55 bits per heavy atom. The van der Waals surface area contributed by atoms with Crippen LogP contribution < -0.4 is 0 Å². The predicted molar refractivity (Wildman–Crippen MR) is 81.3 cm³/mol. The third-order valence-electron chi connectivity index (χ3n) is 3.30. The van der Waals surface area contributed by atoms with Crippen molar-refractivity contribution in [2.24, 2.45) is 5.92 Å². The number of hydrogen-bond donors (Lipinski definition) is 0. The zero-order chi connectivity index (χ0) is 15.1. The maximum atomic E-state index is 12.4. The Bertz CT molecular complexity index is 494. The molecule has 1 rings (SSSR count). The van der Waals surface area contributed by atoms with Crippen LogP contribution in [0.4, 0.5) is 0 Å². The number of carbonyl (C=O) groups excluding carboxylic acids is 2. The minimum absolute atomic E-state index is 0.00310. The summed E-state index contributed by atoms with van der Waals surface area (Å²) in [6.45, 7) is 10.1. The Kier molecular flexibility index (Phi) is 6.16. The topological polar surface area (TPSA) is 37.4 Å². The summed E-state index contributed by atoms with van der Waals surface area (Å²) in [5.41, 5.74) is 2.28. The molecule has 0 aliphatic rings. The molecule has 0 fully saturated rings. The molecule has 0 spiro atoms. The molecule has 1 aromatic carbocycles. The van der Waals surface area contributed by atoms with Gasteiger partial charge in [0.2, 0.25) is 5.91 Å². The van der Waals surface area contributed by atoms with Crippen molar-refractivity contribution in [2.75, 3.05) is 6.54 Å². The van der Waals surface area contributed by atoms with Gasteiger partial charge in [-0.2, -0.15) is 0 Å². The van der Waals surface area contributed by atoms with Crippen LogP contribution in [-0.2, 0) is 16.1 Å². The molecule has 0 radical (unpaired) electrons. The van der Waals surface area contributed by atoms with Crippen molar-refractivity contribution in [3.8, 4) is 0 Å². The molecule has 20 heavy (non-hydrogen) atoms. The normalized spacial score (nSPS) is 11.8. The summed E-state index contributed by atoms with van der Waals surface area (Å²) in [6, 6.07) is 8.01. The molecule has 0 N–H and O–H groups in total. The van der Waals surface area contributed by atoms with E-state index in [-0.39, 0.29) is 17.6 Å². The lowest BCUT2D eigenvalue weighted by atomic mass is 10.0. The second-order valence-electron chi connectivity index (χ2n) is 5.24. The van der Waals surface area contributed by atoms with Crippen LogP contribution in [0, 0.1) is 12.8 Å². The van der Waals surface area contributed by atoms with Gasteiger partial charge in [0.25, 0.3) is 0 Å². The molecule has 0 aliphatic heterocycles. The number of ketones is 1. The van der Waals surface area contributed by atoms with E-state index in [1.807, 2.05) is 31.2 Å². The first kappa shape index (κ1) is 16.2. The summed E-state index contributed by atoms with van der Waals surface area (Å²) in [6.07, 6.45) is 2.01. The fraction of sp³-hybridized carbons (Fsp3) is 0.412. The van der Waals surface area contributed by atoms with Gasteiger partial charge in [0.05, 0.1) is 0 Å². The molecule has 0 heterocycles. The van der Waals surface area contributed by atoms with E-state index in [1.165, 1.54) is 6.92 Å². The highest BCUT2D eigenvalue weighted by atomic mass is 16.2. The number of nitrogens with zero attached hydrogens (tertiary/aromatic N) is 1. The fourth-order valence-electron chi connectivity index (χ4n) is 2.21. The van der Waals surface area contributed by atoms with Gasteiger partial charge in [0.1, 0.15) is 5.78 Å². The quantitative estimate of drug-likeness (QED) is 0.716. The van der Waals surface area contributed by atoms with Gasteiger partial charge in [-0.05, 0) is 25.0 Å². The second-order valence-corrected chi connectivity index (χ2v) is 5.24. The van der Waals surface area contributed by atoms with Crippen LogP contribution in [0.2, 0.25) is 0 Å². The highest BCUT2D eigenvalue weighted by molar-refractivity contribution is 5.85. The number of aryl methyl sites for hydroxylation is 1. The number of hydrogen-bond acceptors (Lipinski definition) is 2. The minimum Gasteiger partial charge on any atom is -0.334 e. The van der Waals surface area contributed by atoms with Crippen LogP contribution in [-0.4, -0.2) is 23.1 Å². The molecule has 0 aromatic heterocycles. The lowest BCUT2D eigenvalue weighted by Gasteiger charge is -2.25. The SMILES string of the molecule is C=CCN(Cc1ccccc1C)C(=O)[C@@H](C)CC(C)=O. The largest absolute Gasteiger partial charge is 0.334 e. The van der Waals surface area contributed by atoms with Crippen molar-refractivity contribution in [2.45, 2.75) is 33.7 Å². The predicted octanol–water partition coefficient (Wildman–Crippen LogP) is 3.12. The summed E-state index contributed by atoms with van der Waals surface area (Å²) >= 11 is 0. The van der Waals surface area contributed by atoms with Crippen LogP contribution in [0.15, 0.2) is 36.9 Å². The van der Waals surface area contributed by atoms with Crippen LogP contribution in [0.5, 0.6) is 0 Å². The maximum absolute atomic E-state index is 12.4. The number of Topliss-reactive ketones (excluding diaryl/α,β-unsaturated/α-hetero) is 1. The van der Waals surface area contributed by atoms with E-state index in [0.29, 0.717) is 19.5 Å². The van der Waals surface area contributed by atoms with E-state index in [1.54, 1.807) is 17.9 Å². The van der Waals surface area contributed by atoms with E-state index < -0.39 is 0 Å². The molecule has 0 bridgehead atoms. The van der Waals surface area contributed by atoms with Crippen molar-refractivity contribution in [1.82, 2.24) is 4.90 Å². The minimum atomic E-state index is -0.281. The highest BCUT2D eigenvalue weighted by Crippen LogP contribution is 2.14. The molecule has 1 atom stereocenters. The zero-order valence-electron chi connectivity index (χ0n) is 12.6. The van der Waals surface area contributed by atoms with Crippen LogP contribution in [0.1, 0.15) is 31.4 Å². The van der Waals surface area contributed by atoms with Crippen molar-refractivity contribution < 1.29 is 9.59 Å². The number of carbonyl (C=O) groups is 2. The molecule has 0 unspecified atom stereocenters. The summed E-state index contributed by atoms with van der Waals surface area (Å²) in [5.74, 6) is -0.236. The molecule has 1 aromatic rings. The third kappa shape index (κ3) is 4.65. The lowest BCUT2D eigenvalue weighted by molar-refractivity contribution is -0.137. The third-order valence-corrected chi connectivity index (χ3v) is 3.30. The van der Waals surface area contributed by atoms with Gasteiger partial charge in [-0.15, -0.1) is 6.58 Å². The second kappa shape index (κ2) is 7.63. The van der Waals surface area contributed by atoms with Crippen LogP contribution in [0.25, 0.3) is 0 Å². The van der Waals surface area contributed by atoms with Gasteiger partial charge in [0.15, 0.2) is 0 Å². The zero-order valence-corrected chi connectivity index (χ0v) is 12.6. The molecular weight excluding hydrogens is 250 g/mol. The van der Waals surface area contributed by atoms with Crippen molar-refractivity contribution in [3.63, 3.8) is 0 Å². The number of rotatable bonds is 7. The smallest absolute Gasteiger partial charge is 0.226 e. The maximum Gasteiger partial charge on any atom is 0.226 e. The molecule has 1 amide bonds. The number of benzene rings is 1. The highest BCUT2D eigenvalue weighted by Gasteiger charge is 2.21. The van der Waals surface area contributed by atoms with Gasteiger partial charge in [0, 0.05) is 25.4 Å². The molecule has 3 nitrogen and oxygen atoms in total. The summed E-state index contributed by atoms with van der Waals surface area (Å²) in [5, 5.41) is 0. The standard InChI is InChI=1S/C17H23NO2/c1-5-10-18(17(20)14(3)11-15(4)19)12-16-9-7-6-8-13(16)2/h5-9,14H,1,10-12H2,2-4H3/t14-/m0/s1. The van der Waals surface area contributed by atoms with Gasteiger partial charge >= 0.3 is 0 Å². The molecule has 0 saturated carbocycles. The first-order valence-corrected chi connectivity index (χ1v) is 6.89. The van der Waals surface area contributed by atoms with E-state index in [4.69, 9.17) is 0 Å². The van der Waals surface area contributed by atoms with Crippen molar-refractivity contribution in [1.29, 1.82) is 0 Å². The van der Waals surface area contributed by atoms with Crippen molar-refractivity contribution in [3.05, 3.63) is 48.0 Å². The molecule has 108 valence electrons. The van der Waals surface area contributed by atoms with E-state index >= 15 is 0 Å². The summed E-state index contributed by atoms with van der Waals surface area (Å²) < 4.78 is 0. The average Bonchev–Trinajstić information content (AvgIpc) is 2.39. The monoisotopic (exact) mass is 273 g/mol. The Morgan fingerprint density at radius 1 is 1.35 bits per heavy atom. The Morgan fingerprint density at radius 2 is 2.00 bits per heavy atom. The Balaban J connectivity index is 2.83. The molecule has 0 aliphatic carbocycles. The van der Waals surface area contributed by atoms with Crippen molar-refractivity contribution >= 4 is 11.7 Å².